The van der Waals surface area contributed by atoms with Crippen LogP contribution in [0.4, 0.5) is 4.39 Å². The molecular formula is C15H8BrFO2. The van der Waals surface area contributed by atoms with E-state index in [0.29, 0.717) is 22.1 Å². The van der Waals surface area contributed by atoms with E-state index in [1.807, 2.05) is 6.07 Å². The van der Waals surface area contributed by atoms with Crippen LogP contribution in [0.3, 0.4) is 0 Å². The van der Waals surface area contributed by atoms with Crippen molar-refractivity contribution in [3.8, 4) is 11.1 Å². The lowest BCUT2D eigenvalue weighted by molar-refractivity contribution is 0.604. The SMILES string of the molecule is O=c1c(-c2ccc(F)cc2)coc2ccc(Br)cc12. The summed E-state index contributed by atoms with van der Waals surface area (Å²) in [5.41, 5.74) is 1.45. The lowest BCUT2D eigenvalue weighted by Crippen LogP contribution is -2.04. The van der Waals surface area contributed by atoms with E-state index in [1.165, 1.54) is 18.4 Å². The fourth-order valence-electron chi connectivity index (χ4n) is 1.93. The van der Waals surface area contributed by atoms with E-state index in [0.717, 1.165) is 4.47 Å². The average molecular weight is 319 g/mol. The molecule has 1 aromatic heterocycles. The molecule has 0 spiro atoms. The summed E-state index contributed by atoms with van der Waals surface area (Å²) in [5, 5.41) is 0.496. The van der Waals surface area contributed by atoms with Crippen LogP contribution in [-0.2, 0) is 0 Å². The smallest absolute Gasteiger partial charge is 0.200 e. The Morgan fingerprint density at radius 3 is 2.53 bits per heavy atom. The Balaban J connectivity index is 2.28. The predicted octanol–water partition coefficient (Wildman–Crippen LogP) is 4.36. The van der Waals surface area contributed by atoms with Gasteiger partial charge in [0.25, 0.3) is 0 Å². The molecule has 1 heterocycles. The topological polar surface area (TPSA) is 30.2 Å². The normalized spacial score (nSPS) is 10.8. The van der Waals surface area contributed by atoms with Crippen LogP contribution in [0, 0.1) is 5.82 Å². The first-order valence-corrected chi connectivity index (χ1v) is 6.41. The van der Waals surface area contributed by atoms with Gasteiger partial charge in [0, 0.05) is 4.47 Å². The van der Waals surface area contributed by atoms with Gasteiger partial charge in [-0.05, 0) is 35.9 Å². The van der Waals surface area contributed by atoms with Gasteiger partial charge in [-0.15, -0.1) is 0 Å². The van der Waals surface area contributed by atoms with Crippen LogP contribution in [0.5, 0.6) is 0 Å². The van der Waals surface area contributed by atoms with Gasteiger partial charge in [-0.1, -0.05) is 28.1 Å². The Hall–Kier alpha value is -1.94. The van der Waals surface area contributed by atoms with Crippen LogP contribution in [0.2, 0.25) is 0 Å². The van der Waals surface area contributed by atoms with E-state index in [4.69, 9.17) is 4.42 Å². The third-order valence-electron chi connectivity index (χ3n) is 2.89. The molecule has 0 aliphatic rings. The van der Waals surface area contributed by atoms with Gasteiger partial charge in [-0.3, -0.25) is 4.79 Å². The molecule has 0 fully saturated rings. The molecule has 0 atom stereocenters. The van der Waals surface area contributed by atoms with E-state index in [9.17, 15) is 9.18 Å². The van der Waals surface area contributed by atoms with Crippen molar-refractivity contribution >= 4 is 26.9 Å². The molecule has 0 saturated carbocycles. The Morgan fingerprint density at radius 2 is 1.79 bits per heavy atom. The molecule has 0 amide bonds. The van der Waals surface area contributed by atoms with Gasteiger partial charge in [0.05, 0.1) is 10.9 Å². The molecule has 2 aromatic carbocycles. The lowest BCUT2D eigenvalue weighted by Gasteiger charge is -2.03. The van der Waals surface area contributed by atoms with Crippen LogP contribution >= 0.6 is 15.9 Å². The van der Waals surface area contributed by atoms with Crippen molar-refractivity contribution in [3.63, 3.8) is 0 Å². The minimum atomic E-state index is -0.336. The monoisotopic (exact) mass is 318 g/mol. The molecule has 3 rings (SSSR count). The molecule has 0 aliphatic heterocycles. The number of hydrogen-bond acceptors (Lipinski definition) is 2. The molecule has 0 unspecified atom stereocenters. The van der Waals surface area contributed by atoms with Gasteiger partial charge in [-0.2, -0.15) is 0 Å². The van der Waals surface area contributed by atoms with E-state index in [2.05, 4.69) is 15.9 Å². The first kappa shape index (κ1) is 12.1. The number of benzene rings is 2. The first-order valence-electron chi connectivity index (χ1n) is 5.62. The van der Waals surface area contributed by atoms with Crippen molar-refractivity contribution in [2.24, 2.45) is 0 Å². The summed E-state index contributed by atoms with van der Waals surface area (Å²) in [4.78, 5) is 12.4. The summed E-state index contributed by atoms with van der Waals surface area (Å²) < 4.78 is 19.2. The second-order valence-electron chi connectivity index (χ2n) is 4.13. The summed E-state index contributed by atoms with van der Waals surface area (Å²) >= 11 is 3.33. The summed E-state index contributed by atoms with van der Waals surface area (Å²) in [7, 11) is 0. The highest BCUT2D eigenvalue weighted by Crippen LogP contribution is 2.22. The van der Waals surface area contributed by atoms with Crippen LogP contribution < -0.4 is 5.43 Å². The zero-order valence-corrected chi connectivity index (χ0v) is 11.3. The van der Waals surface area contributed by atoms with Crippen LogP contribution in [0.25, 0.3) is 22.1 Å². The van der Waals surface area contributed by atoms with Gasteiger partial charge in [0.15, 0.2) is 0 Å². The van der Waals surface area contributed by atoms with Crippen molar-refractivity contribution < 1.29 is 8.81 Å². The van der Waals surface area contributed by atoms with Crippen molar-refractivity contribution in [2.75, 3.05) is 0 Å². The predicted molar refractivity (Wildman–Crippen MR) is 75.6 cm³/mol. The van der Waals surface area contributed by atoms with Crippen molar-refractivity contribution in [2.45, 2.75) is 0 Å². The lowest BCUT2D eigenvalue weighted by atomic mass is 10.1. The van der Waals surface area contributed by atoms with Crippen LogP contribution in [0.15, 0.2) is 62.4 Å². The summed E-state index contributed by atoms with van der Waals surface area (Å²) in [5.74, 6) is -0.336. The summed E-state index contributed by atoms with van der Waals surface area (Å²) in [6.07, 6.45) is 1.41. The molecule has 0 saturated heterocycles. The number of fused-ring (bicyclic) bond motifs is 1. The number of hydrogen-bond donors (Lipinski definition) is 0. The molecular weight excluding hydrogens is 311 g/mol. The van der Waals surface area contributed by atoms with Gasteiger partial charge < -0.3 is 4.42 Å². The Kier molecular flexibility index (Phi) is 2.95. The molecule has 2 nitrogen and oxygen atoms in total. The zero-order chi connectivity index (χ0) is 13.4. The maximum atomic E-state index is 12.9. The van der Waals surface area contributed by atoms with Crippen LogP contribution in [0.1, 0.15) is 0 Å². The summed E-state index contributed by atoms with van der Waals surface area (Å²) in [6, 6.07) is 11.0. The second kappa shape index (κ2) is 4.63. The van der Waals surface area contributed by atoms with Crippen LogP contribution in [-0.4, -0.2) is 0 Å². The van der Waals surface area contributed by atoms with Crippen molar-refractivity contribution in [3.05, 3.63) is 69.2 Å². The molecule has 0 aliphatic carbocycles. The van der Waals surface area contributed by atoms with Crippen molar-refractivity contribution in [1.29, 1.82) is 0 Å². The maximum Gasteiger partial charge on any atom is 0.200 e. The Labute approximate surface area is 116 Å². The van der Waals surface area contributed by atoms with Gasteiger partial charge in [0.1, 0.15) is 17.7 Å². The van der Waals surface area contributed by atoms with E-state index in [1.54, 1.807) is 24.3 Å². The molecule has 19 heavy (non-hydrogen) atoms. The minimum absolute atomic E-state index is 0.130. The molecule has 94 valence electrons. The molecule has 0 N–H and O–H groups in total. The Bertz CT molecular complexity index is 806. The second-order valence-corrected chi connectivity index (χ2v) is 5.04. The largest absolute Gasteiger partial charge is 0.463 e. The average Bonchev–Trinajstić information content (AvgIpc) is 2.41. The summed E-state index contributed by atoms with van der Waals surface area (Å²) in [6.45, 7) is 0. The van der Waals surface area contributed by atoms with Gasteiger partial charge in [-0.25, -0.2) is 4.39 Å². The van der Waals surface area contributed by atoms with Gasteiger partial charge >= 0.3 is 0 Å². The number of rotatable bonds is 1. The third kappa shape index (κ3) is 2.19. The minimum Gasteiger partial charge on any atom is -0.463 e. The maximum absolute atomic E-state index is 12.9. The Morgan fingerprint density at radius 1 is 1.05 bits per heavy atom. The van der Waals surface area contributed by atoms with E-state index < -0.39 is 0 Å². The third-order valence-corrected chi connectivity index (χ3v) is 3.38. The zero-order valence-electron chi connectivity index (χ0n) is 9.69. The quantitative estimate of drug-likeness (QED) is 0.667. The van der Waals surface area contributed by atoms with E-state index in [-0.39, 0.29) is 11.2 Å². The fourth-order valence-corrected chi connectivity index (χ4v) is 2.29. The fraction of sp³-hybridized carbons (Fsp3) is 0. The highest BCUT2D eigenvalue weighted by Gasteiger charge is 2.09. The standard InChI is InChI=1S/C15H8BrFO2/c16-10-3-6-14-12(7-10)15(18)13(8-19-14)9-1-4-11(17)5-2-9/h1-8H. The highest BCUT2D eigenvalue weighted by atomic mass is 79.9. The molecule has 0 radical (unpaired) electrons. The van der Waals surface area contributed by atoms with Crippen molar-refractivity contribution in [1.82, 2.24) is 0 Å². The molecule has 0 bridgehead atoms. The first-order chi connectivity index (χ1) is 9.15. The molecule has 3 aromatic rings. The number of halogens is 2. The molecule has 4 heteroatoms. The highest BCUT2D eigenvalue weighted by molar-refractivity contribution is 9.10. The van der Waals surface area contributed by atoms with E-state index >= 15 is 0 Å². The van der Waals surface area contributed by atoms with Gasteiger partial charge in [0.2, 0.25) is 5.43 Å².